The number of benzene rings is 1. The summed E-state index contributed by atoms with van der Waals surface area (Å²) in [6.45, 7) is 6.05. The molecule has 3 rings (SSSR count). The molecule has 1 aromatic heterocycles. The largest absolute Gasteiger partial charge is 0.439 e. The van der Waals surface area contributed by atoms with Crippen LogP contribution in [0.15, 0.2) is 40.9 Å². The first-order chi connectivity index (χ1) is 13.2. The fourth-order valence-corrected chi connectivity index (χ4v) is 3.12. The van der Waals surface area contributed by atoms with Crippen LogP contribution in [0.2, 0.25) is 0 Å². The molecule has 1 aliphatic heterocycles. The second-order valence-electron chi connectivity index (χ2n) is 6.73. The van der Waals surface area contributed by atoms with E-state index in [1.807, 2.05) is 30.3 Å². The second kappa shape index (κ2) is 10.2. The van der Waals surface area contributed by atoms with Gasteiger partial charge in [-0.2, -0.15) is 0 Å². The molecule has 1 N–H and O–H groups in total. The van der Waals surface area contributed by atoms with Crippen LogP contribution < -0.4 is 5.32 Å². The van der Waals surface area contributed by atoms with Gasteiger partial charge in [0.15, 0.2) is 5.76 Å². The van der Waals surface area contributed by atoms with Gasteiger partial charge in [0.05, 0.1) is 19.3 Å². The van der Waals surface area contributed by atoms with Gasteiger partial charge in [0.1, 0.15) is 0 Å². The molecule has 2 aromatic rings. The van der Waals surface area contributed by atoms with Crippen LogP contribution in [0.25, 0.3) is 11.3 Å². The first-order valence-corrected chi connectivity index (χ1v) is 9.45. The molecule has 1 fully saturated rings. The van der Waals surface area contributed by atoms with E-state index in [9.17, 15) is 4.79 Å². The summed E-state index contributed by atoms with van der Waals surface area (Å²) in [6.07, 6.45) is 2.63. The Hall–Kier alpha value is -2.22. The number of ether oxygens (including phenoxy) is 1. The number of amides is 1. The number of nitrogens with one attached hydrogen (secondary N) is 1. The second-order valence-corrected chi connectivity index (χ2v) is 6.73. The van der Waals surface area contributed by atoms with Crippen LogP contribution in [-0.4, -0.2) is 73.7 Å². The van der Waals surface area contributed by atoms with Crippen molar-refractivity contribution in [3.63, 3.8) is 0 Å². The predicted molar refractivity (Wildman–Crippen MR) is 103 cm³/mol. The molecule has 7 heteroatoms. The van der Waals surface area contributed by atoms with E-state index in [1.165, 1.54) is 0 Å². The third kappa shape index (κ3) is 6.16. The highest BCUT2D eigenvalue weighted by Gasteiger charge is 2.20. The van der Waals surface area contributed by atoms with Gasteiger partial charge in [-0.15, -0.1) is 0 Å². The van der Waals surface area contributed by atoms with Crippen molar-refractivity contribution >= 4 is 5.91 Å². The van der Waals surface area contributed by atoms with E-state index in [-0.39, 0.29) is 5.91 Å². The summed E-state index contributed by atoms with van der Waals surface area (Å²) < 4.78 is 10.9. The van der Waals surface area contributed by atoms with Gasteiger partial charge in [0, 0.05) is 52.0 Å². The standard InChI is InChI=1S/C20H28N4O3/c1-26-13-5-8-21-19(25)15-23-9-11-24(12-10-23)16-20-22-14-18(27-20)17-6-3-2-4-7-17/h2-4,6-7,14H,5,8-13,15-16H2,1H3,(H,21,25). The molecule has 1 amide bonds. The van der Waals surface area contributed by atoms with E-state index in [0.717, 1.165) is 49.8 Å². The number of aromatic nitrogens is 1. The Balaban J connectivity index is 1.38. The summed E-state index contributed by atoms with van der Waals surface area (Å²) in [5.41, 5.74) is 1.04. The molecule has 27 heavy (non-hydrogen) atoms. The minimum Gasteiger partial charge on any atom is -0.439 e. The van der Waals surface area contributed by atoms with Crippen molar-refractivity contribution in [2.75, 3.05) is 53.0 Å². The molecule has 0 bridgehead atoms. The number of hydrogen-bond acceptors (Lipinski definition) is 6. The van der Waals surface area contributed by atoms with Gasteiger partial charge < -0.3 is 14.5 Å². The molecule has 146 valence electrons. The van der Waals surface area contributed by atoms with Crippen LogP contribution >= 0.6 is 0 Å². The van der Waals surface area contributed by atoms with Crippen LogP contribution in [0.1, 0.15) is 12.3 Å². The highest BCUT2D eigenvalue weighted by molar-refractivity contribution is 5.77. The molecule has 0 atom stereocenters. The first-order valence-electron chi connectivity index (χ1n) is 9.45. The molecule has 7 nitrogen and oxygen atoms in total. The quantitative estimate of drug-likeness (QED) is 0.675. The monoisotopic (exact) mass is 372 g/mol. The highest BCUT2D eigenvalue weighted by atomic mass is 16.5. The van der Waals surface area contributed by atoms with Crippen LogP contribution in [0.4, 0.5) is 0 Å². The number of piperazine rings is 1. The summed E-state index contributed by atoms with van der Waals surface area (Å²) in [6, 6.07) is 10.0. The van der Waals surface area contributed by atoms with Crippen molar-refractivity contribution in [1.29, 1.82) is 0 Å². The molecule has 1 saturated heterocycles. The summed E-state index contributed by atoms with van der Waals surface area (Å²) in [5, 5.41) is 2.93. The van der Waals surface area contributed by atoms with Crippen molar-refractivity contribution in [2.24, 2.45) is 0 Å². The minimum atomic E-state index is 0.0831. The van der Waals surface area contributed by atoms with Crippen molar-refractivity contribution in [1.82, 2.24) is 20.1 Å². The zero-order valence-electron chi connectivity index (χ0n) is 15.9. The lowest BCUT2D eigenvalue weighted by Gasteiger charge is -2.33. The lowest BCUT2D eigenvalue weighted by molar-refractivity contribution is -0.122. The fraction of sp³-hybridized carbons (Fsp3) is 0.500. The zero-order valence-corrected chi connectivity index (χ0v) is 15.9. The molecular formula is C20H28N4O3. The van der Waals surface area contributed by atoms with Gasteiger partial charge >= 0.3 is 0 Å². The molecular weight excluding hydrogens is 344 g/mol. The topological polar surface area (TPSA) is 70.8 Å². The van der Waals surface area contributed by atoms with E-state index < -0.39 is 0 Å². The average Bonchev–Trinajstić information content (AvgIpc) is 3.16. The highest BCUT2D eigenvalue weighted by Crippen LogP contribution is 2.20. The van der Waals surface area contributed by atoms with E-state index in [0.29, 0.717) is 26.2 Å². The SMILES string of the molecule is COCCCNC(=O)CN1CCN(Cc2ncc(-c3ccccc3)o2)CC1. The first kappa shape index (κ1) is 19.5. The van der Waals surface area contributed by atoms with Crippen LogP contribution in [0, 0.1) is 0 Å². The number of methoxy groups -OCH3 is 1. The van der Waals surface area contributed by atoms with Crippen molar-refractivity contribution in [3.8, 4) is 11.3 Å². The smallest absolute Gasteiger partial charge is 0.234 e. The van der Waals surface area contributed by atoms with Crippen molar-refractivity contribution in [3.05, 3.63) is 42.4 Å². The number of rotatable bonds is 9. The summed E-state index contributed by atoms with van der Waals surface area (Å²) in [4.78, 5) is 20.9. The number of hydrogen-bond donors (Lipinski definition) is 1. The molecule has 0 radical (unpaired) electrons. The van der Waals surface area contributed by atoms with Crippen molar-refractivity contribution in [2.45, 2.75) is 13.0 Å². The lowest BCUT2D eigenvalue weighted by Crippen LogP contribution is -2.49. The predicted octanol–water partition coefficient (Wildman–Crippen LogP) is 1.61. The third-order valence-corrected chi connectivity index (χ3v) is 4.65. The maximum Gasteiger partial charge on any atom is 0.234 e. The fourth-order valence-electron chi connectivity index (χ4n) is 3.12. The van der Waals surface area contributed by atoms with Crippen LogP contribution in [0.3, 0.4) is 0 Å². The number of nitrogens with zero attached hydrogens (tertiary/aromatic N) is 3. The Morgan fingerprint density at radius 2 is 1.93 bits per heavy atom. The molecule has 1 aliphatic rings. The Morgan fingerprint density at radius 1 is 1.19 bits per heavy atom. The molecule has 0 aliphatic carbocycles. The van der Waals surface area contributed by atoms with Gasteiger partial charge in [-0.05, 0) is 6.42 Å². The number of carbonyl (C=O) groups is 1. The maximum absolute atomic E-state index is 12.0. The lowest BCUT2D eigenvalue weighted by atomic mass is 10.2. The van der Waals surface area contributed by atoms with E-state index >= 15 is 0 Å². The minimum absolute atomic E-state index is 0.0831. The molecule has 0 saturated carbocycles. The average molecular weight is 372 g/mol. The van der Waals surface area contributed by atoms with Gasteiger partial charge in [-0.25, -0.2) is 4.98 Å². The van der Waals surface area contributed by atoms with Gasteiger partial charge in [-0.1, -0.05) is 30.3 Å². The number of oxazole rings is 1. The Labute approximate surface area is 160 Å². The van der Waals surface area contributed by atoms with Crippen LogP contribution in [0.5, 0.6) is 0 Å². The third-order valence-electron chi connectivity index (χ3n) is 4.65. The Morgan fingerprint density at radius 3 is 2.67 bits per heavy atom. The maximum atomic E-state index is 12.0. The van der Waals surface area contributed by atoms with E-state index in [2.05, 4.69) is 20.1 Å². The number of carbonyl (C=O) groups excluding carboxylic acids is 1. The molecule has 2 heterocycles. The van der Waals surface area contributed by atoms with Gasteiger partial charge in [0.25, 0.3) is 0 Å². The summed E-state index contributed by atoms with van der Waals surface area (Å²) in [5.74, 6) is 1.62. The zero-order chi connectivity index (χ0) is 18.9. The Kier molecular flexibility index (Phi) is 7.38. The summed E-state index contributed by atoms with van der Waals surface area (Å²) >= 11 is 0. The Bertz CT molecular complexity index is 696. The van der Waals surface area contributed by atoms with Gasteiger partial charge in [-0.3, -0.25) is 14.6 Å². The van der Waals surface area contributed by atoms with E-state index in [1.54, 1.807) is 13.3 Å². The summed E-state index contributed by atoms with van der Waals surface area (Å²) in [7, 11) is 1.67. The molecule has 0 unspecified atom stereocenters. The normalized spacial score (nSPS) is 15.7. The molecule has 1 aromatic carbocycles. The van der Waals surface area contributed by atoms with Crippen LogP contribution in [-0.2, 0) is 16.1 Å². The van der Waals surface area contributed by atoms with Crippen molar-refractivity contribution < 1.29 is 13.9 Å². The van der Waals surface area contributed by atoms with E-state index in [4.69, 9.17) is 9.15 Å². The van der Waals surface area contributed by atoms with Gasteiger partial charge in [0.2, 0.25) is 11.8 Å². The molecule has 0 spiro atoms.